The van der Waals surface area contributed by atoms with Crippen molar-refractivity contribution < 1.29 is 45.4 Å². The smallest absolute Gasteiger partial charge is 0.416 e. The molecule has 1 fully saturated rings. The van der Waals surface area contributed by atoms with Gasteiger partial charge in [-0.05, 0) is 88.3 Å². The molecule has 3 aromatic rings. The summed E-state index contributed by atoms with van der Waals surface area (Å²) < 4.78 is 93.4. The van der Waals surface area contributed by atoms with E-state index in [9.17, 15) is 40.7 Å². The van der Waals surface area contributed by atoms with Crippen LogP contribution in [-0.2, 0) is 30.7 Å². The highest BCUT2D eigenvalue weighted by atomic mass is 19.4. The van der Waals surface area contributed by atoms with Crippen molar-refractivity contribution in [3.63, 3.8) is 0 Å². The Balaban J connectivity index is 1.52. The number of alkyl halides is 6. The van der Waals surface area contributed by atoms with Gasteiger partial charge in [0.1, 0.15) is 16.9 Å². The van der Waals surface area contributed by atoms with Crippen LogP contribution in [0.3, 0.4) is 0 Å². The molecule has 0 saturated carbocycles. The molecule has 0 N–H and O–H groups in total. The molecule has 0 aliphatic carbocycles. The first-order valence-electron chi connectivity index (χ1n) is 15.5. The van der Waals surface area contributed by atoms with E-state index in [0.29, 0.717) is 48.5 Å². The summed E-state index contributed by atoms with van der Waals surface area (Å²) >= 11 is 0. The largest absolute Gasteiger partial charge is 0.492 e. The summed E-state index contributed by atoms with van der Waals surface area (Å²) in [6.45, 7) is 6.04. The Hall–Kier alpha value is -4.23. The number of benzene rings is 2. The fourth-order valence-electron chi connectivity index (χ4n) is 5.73. The van der Waals surface area contributed by atoms with Gasteiger partial charge in [0.15, 0.2) is 0 Å². The van der Waals surface area contributed by atoms with Gasteiger partial charge in [0.25, 0.3) is 11.5 Å². The molecule has 48 heavy (non-hydrogen) atoms. The molecule has 1 aliphatic heterocycles. The topological polar surface area (TPSA) is 81.1 Å². The van der Waals surface area contributed by atoms with E-state index in [1.807, 2.05) is 20.8 Å². The average Bonchev–Trinajstić information content (AvgIpc) is 2.99. The Bertz CT molecular complexity index is 1670. The highest BCUT2D eigenvalue weighted by molar-refractivity contribution is 6.02. The second kappa shape index (κ2) is 14.1. The van der Waals surface area contributed by atoms with E-state index in [1.165, 1.54) is 18.7 Å². The number of hydrogen-bond acceptors (Lipinski definition) is 5. The molecule has 0 radical (unpaired) electrons. The van der Waals surface area contributed by atoms with E-state index >= 15 is 0 Å². The molecule has 2 heterocycles. The quantitative estimate of drug-likeness (QED) is 0.180. The first-order valence-corrected chi connectivity index (χ1v) is 15.5. The van der Waals surface area contributed by atoms with Crippen molar-refractivity contribution in [3.05, 3.63) is 75.1 Å². The molecule has 2 aromatic carbocycles. The maximum Gasteiger partial charge on any atom is 0.416 e. The van der Waals surface area contributed by atoms with E-state index < -0.39 is 52.7 Å². The summed E-state index contributed by atoms with van der Waals surface area (Å²) in [4.78, 5) is 42.2. The molecular formula is C34H39F6N3O5. The fourth-order valence-corrected chi connectivity index (χ4v) is 5.73. The van der Waals surface area contributed by atoms with Crippen LogP contribution < -0.4 is 10.3 Å². The minimum atomic E-state index is -5.05. The fraction of sp³-hybridized carbons (Fsp3) is 0.500. The number of carbonyl (C=O) groups excluding carboxylic acids is 2. The second-order valence-electron chi connectivity index (χ2n) is 13.1. The monoisotopic (exact) mass is 683 g/mol. The van der Waals surface area contributed by atoms with Gasteiger partial charge in [-0.1, -0.05) is 12.1 Å². The lowest BCUT2D eigenvalue weighted by Gasteiger charge is -2.33. The van der Waals surface area contributed by atoms with Crippen LogP contribution in [0.2, 0.25) is 0 Å². The molecule has 2 amide bonds. The number of amides is 2. The van der Waals surface area contributed by atoms with Gasteiger partial charge >= 0.3 is 18.4 Å². The number of halogens is 6. The average molecular weight is 684 g/mol. The van der Waals surface area contributed by atoms with Crippen LogP contribution in [0.5, 0.6) is 5.75 Å². The van der Waals surface area contributed by atoms with Gasteiger partial charge in [-0.25, -0.2) is 4.79 Å². The molecule has 0 unspecified atom stereocenters. The summed E-state index contributed by atoms with van der Waals surface area (Å²) in [6.07, 6.45) is -7.59. The number of aryl methyl sites for hydroxylation is 1. The minimum Gasteiger partial charge on any atom is -0.492 e. The van der Waals surface area contributed by atoms with Crippen molar-refractivity contribution in [1.29, 1.82) is 0 Å². The molecule has 8 nitrogen and oxygen atoms in total. The standard InChI is InChI=1S/C34H39F6N3O5/c1-32(2,3)48-31(46)43-14-12-21(13-15-43)9-8-16-47-28-25-10-6-7-11-26(25)42(5)30(45)27(28)29(44)41(4)20-22-17-23(33(35,36)37)19-24(18-22)34(38,39)40/h6-7,10-11,17-19,21H,8-9,12-16,20H2,1-5H3. The molecule has 0 atom stereocenters. The number of ether oxygens (including phenoxy) is 2. The maximum atomic E-state index is 13.7. The number of fused-ring (bicyclic) bond motifs is 1. The molecular weight excluding hydrogens is 644 g/mol. The molecule has 14 heteroatoms. The van der Waals surface area contributed by atoms with E-state index in [0.717, 1.165) is 24.2 Å². The molecule has 1 saturated heterocycles. The second-order valence-corrected chi connectivity index (χ2v) is 13.1. The number of pyridine rings is 1. The Kier molecular flexibility index (Phi) is 10.7. The predicted octanol–water partition coefficient (Wildman–Crippen LogP) is 7.65. The molecule has 1 aliphatic rings. The minimum absolute atomic E-state index is 0.00896. The summed E-state index contributed by atoms with van der Waals surface area (Å²) in [5, 5.41) is 0.445. The van der Waals surface area contributed by atoms with Crippen LogP contribution in [-0.4, -0.2) is 58.7 Å². The lowest BCUT2D eigenvalue weighted by Crippen LogP contribution is -2.41. The van der Waals surface area contributed by atoms with Crippen molar-refractivity contribution in [3.8, 4) is 5.75 Å². The number of piperidine rings is 1. The molecule has 0 spiro atoms. The molecule has 262 valence electrons. The zero-order valence-corrected chi connectivity index (χ0v) is 27.4. The van der Waals surface area contributed by atoms with E-state index in [1.54, 1.807) is 29.2 Å². The van der Waals surface area contributed by atoms with Crippen LogP contribution in [0.25, 0.3) is 10.9 Å². The Morgan fingerprint density at radius 3 is 2.08 bits per heavy atom. The number of para-hydroxylation sites is 1. The SMILES string of the molecule is CN(Cc1cc(C(F)(F)F)cc(C(F)(F)F)c1)C(=O)c1c(OCCCC2CCN(C(=O)OC(C)(C)C)CC2)c2ccccc2n(C)c1=O. The van der Waals surface area contributed by atoms with Crippen molar-refractivity contribution in [1.82, 2.24) is 14.4 Å². The number of rotatable bonds is 8. The van der Waals surface area contributed by atoms with Crippen molar-refractivity contribution in [2.45, 2.75) is 71.0 Å². The van der Waals surface area contributed by atoms with Crippen molar-refractivity contribution >= 4 is 22.9 Å². The Morgan fingerprint density at radius 1 is 0.938 bits per heavy atom. The van der Waals surface area contributed by atoms with Crippen molar-refractivity contribution in [2.24, 2.45) is 13.0 Å². The van der Waals surface area contributed by atoms with E-state index in [4.69, 9.17) is 9.47 Å². The Morgan fingerprint density at radius 2 is 1.52 bits per heavy atom. The van der Waals surface area contributed by atoms with Crippen LogP contribution in [0.1, 0.15) is 73.5 Å². The number of aromatic nitrogens is 1. The normalized spacial score (nSPS) is 14.7. The number of carbonyl (C=O) groups is 2. The number of hydrogen-bond donors (Lipinski definition) is 0. The molecule has 4 rings (SSSR count). The van der Waals surface area contributed by atoms with Gasteiger partial charge < -0.3 is 23.8 Å². The van der Waals surface area contributed by atoms with Crippen LogP contribution in [0.4, 0.5) is 31.1 Å². The highest BCUT2D eigenvalue weighted by Gasteiger charge is 2.37. The van der Waals surface area contributed by atoms with Gasteiger partial charge in [0.2, 0.25) is 0 Å². The third-order valence-corrected chi connectivity index (χ3v) is 8.15. The van der Waals surface area contributed by atoms with Gasteiger partial charge in [-0.2, -0.15) is 26.3 Å². The van der Waals surface area contributed by atoms with Crippen LogP contribution in [0.15, 0.2) is 47.3 Å². The number of nitrogens with zero attached hydrogens (tertiary/aromatic N) is 3. The van der Waals surface area contributed by atoms with E-state index in [2.05, 4.69) is 0 Å². The van der Waals surface area contributed by atoms with Gasteiger partial charge in [-0.15, -0.1) is 0 Å². The maximum absolute atomic E-state index is 13.7. The first-order chi connectivity index (χ1) is 22.3. The van der Waals surface area contributed by atoms with Crippen LogP contribution in [0, 0.1) is 5.92 Å². The molecule has 1 aromatic heterocycles. The summed E-state index contributed by atoms with van der Waals surface area (Å²) in [5.41, 5.74) is -4.64. The van der Waals surface area contributed by atoms with E-state index in [-0.39, 0.29) is 30.1 Å². The lowest BCUT2D eigenvalue weighted by atomic mass is 9.92. The highest BCUT2D eigenvalue weighted by Crippen LogP contribution is 2.37. The van der Waals surface area contributed by atoms with Crippen LogP contribution >= 0.6 is 0 Å². The zero-order chi connectivity index (χ0) is 35.6. The first kappa shape index (κ1) is 36.6. The predicted molar refractivity (Wildman–Crippen MR) is 167 cm³/mol. The van der Waals surface area contributed by atoms with Gasteiger partial charge in [-0.3, -0.25) is 9.59 Å². The zero-order valence-electron chi connectivity index (χ0n) is 27.4. The summed E-state index contributed by atoms with van der Waals surface area (Å²) in [6, 6.07) is 7.84. The summed E-state index contributed by atoms with van der Waals surface area (Å²) in [7, 11) is 2.65. The van der Waals surface area contributed by atoms with Crippen molar-refractivity contribution in [2.75, 3.05) is 26.7 Å². The third-order valence-electron chi connectivity index (χ3n) is 8.15. The van der Waals surface area contributed by atoms with Gasteiger partial charge in [0.05, 0.1) is 23.3 Å². The lowest BCUT2D eigenvalue weighted by molar-refractivity contribution is -0.143. The van der Waals surface area contributed by atoms with Gasteiger partial charge in [0, 0.05) is 39.1 Å². The summed E-state index contributed by atoms with van der Waals surface area (Å²) in [5.74, 6) is -0.615. The Labute approximate surface area is 274 Å². The number of likely N-dealkylation sites (tertiary alicyclic amines) is 1. The third kappa shape index (κ3) is 8.81. The molecule has 0 bridgehead atoms.